The molecule has 1 saturated carbocycles. The van der Waals surface area contributed by atoms with Crippen LogP contribution < -0.4 is 10.6 Å². The van der Waals surface area contributed by atoms with Gasteiger partial charge >= 0.3 is 6.09 Å². The Balaban J connectivity index is 1.47. The molecule has 2 aromatic heterocycles. The highest BCUT2D eigenvalue weighted by molar-refractivity contribution is 5.97. The lowest BCUT2D eigenvalue weighted by Crippen LogP contribution is -2.46. The first-order valence-electron chi connectivity index (χ1n) is 12.3. The number of alkyl carbamates (subject to hydrolysis) is 1. The van der Waals surface area contributed by atoms with Crippen molar-refractivity contribution in [2.24, 2.45) is 5.92 Å². The maximum atomic E-state index is 13.4. The zero-order valence-corrected chi connectivity index (χ0v) is 20.8. The van der Waals surface area contributed by atoms with Crippen molar-refractivity contribution >= 4 is 17.9 Å². The van der Waals surface area contributed by atoms with Crippen LogP contribution in [-0.4, -0.2) is 77.8 Å². The number of aromatic nitrogens is 5. The van der Waals surface area contributed by atoms with Crippen molar-refractivity contribution in [3.05, 3.63) is 29.3 Å². The van der Waals surface area contributed by atoms with Gasteiger partial charge in [-0.25, -0.2) is 4.79 Å². The lowest BCUT2D eigenvalue weighted by molar-refractivity contribution is -0.125. The molecule has 0 radical (unpaired) electrons. The van der Waals surface area contributed by atoms with Crippen molar-refractivity contribution in [1.29, 1.82) is 0 Å². The van der Waals surface area contributed by atoms with Crippen LogP contribution >= 0.6 is 0 Å². The van der Waals surface area contributed by atoms with Gasteiger partial charge in [-0.2, -0.15) is 5.21 Å². The van der Waals surface area contributed by atoms with E-state index < -0.39 is 35.7 Å². The van der Waals surface area contributed by atoms with Crippen molar-refractivity contribution in [2.45, 2.75) is 83.2 Å². The fourth-order valence-electron chi connectivity index (χ4n) is 4.88. The Labute approximate surface area is 208 Å². The average Bonchev–Trinajstić information content (AvgIpc) is 3.61. The summed E-state index contributed by atoms with van der Waals surface area (Å²) < 4.78 is 5.46. The molecule has 1 saturated heterocycles. The summed E-state index contributed by atoms with van der Waals surface area (Å²) in [5.74, 6) is -0.285. The molecule has 36 heavy (non-hydrogen) atoms. The number of carbonyl (C=O) groups excluding carboxylic acids is 3. The molecule has 196 valence electrons. The van der Waals surface area contributed by atoms with Crippen LogP contribution in [0.4, 0.5) is 4.79 Å². The lowest BCUT2D eigenvalue weighted by Gasteiger charge is -2.27. The Morgan fingerprint density at radius 3 is 2.67 bits per heavy atom. The van der Waals surface area contributed by atoms with Crippen LogP contribution in [0, 0.1) is 5.92 Å². The largest absolute Gasteiger partial charge is 0.444 e. The number of amides is 3. The van der Waals surface area contributed by atoms with Gasteiger partial charge in [-0.15, -0.1) is 10.2 Å². The number of tetrazole rings is 1. The highest BCUT2D eigenvalue weighted by Crippen LogP contribution is 2.36. The number of rotatable bonds is 7. The van der Waals surface area contributed by atoms with E-state index >= 15 is 0 Å². The van der Waals surface area contributed by atoms with Gasteiger partial charge in [0.25, 0.3) is 5.91 Å². The third-order valence-corrected chi connectivity index (χ3v) is 6.47. The number of hydrogen-bond acceptors (Lipinski definition) is 8. The van der Waals surface area contributed by atoms with Crippen LogP contribution in [0.25, 0.3) is 0 Å². The minimum absolute atomic E-state index is 0.0374. The van der Waals surface area contributed by atoms with E-state index in [1.165, 1.54) is 4.90 Å². The first-order chi connectivity index (χ1) is 17.1. The van der Waals surface area contributed by atoms with Crippen LogP contribution in [0.1, 0.15) is 80.9 Å². The molecule has 2 aliphatic rings. The van der Waals surface area contributed by atoms with Gasteiger partial charge in [-0.1, -0.05) is 18.1 Å². The molecule has 0 spiro atoms. The summed E-state index contributed by atoms with van der Waals surface area (Å²) in [6, 6.07) is 2.26. The topological polar surface area (TPSA) is 178 Å². The van der Waals surface area contributed by atoms with Gasteiger partial charge in [0.15, 0.2) is 5.82 Å². The average molecular weight is 503 g/mol. The second-order valence-corrected chi connectivity index (χ2v) is 10.4. The standard InChI is InChI=1S/C23H34N8O5/c1-23(2,3)36-22(35)26-19(13-6-4-5-7-13)15-8-9-16(25-15)21(34)31-12-14(32)10-17(31)20(33)24-11-18-27-29-30-28-18/h8-9,13-14,17,19,25,32H,4-7,10-12H2,1-3H3,(H,24,33)(H,26,35)(H,27,28,29,30)/t14-,17-,19-/m0/s1. The molecular formula is C23H34N8O5. The van der Waals surface area contributed by atoms with Crippen molar-refractivity contribution in [3.63, 3.8) is 0 Å². The number of H-pyrrole nitrogens is 2. The minimum Gasteiger partial charge on any atom is -0.444 e. The van der Waals surface area contributed by atoms with Crippen LogP contribution in [0.15, 0.2) is 12.1 Å². The Morgan fingerprint density at radius 2 is 2.00 bits per heavy atom. The maximum absolute atomic E-state index is 13.4. The molecule has 3 atom stereocenters. The molecular weight excluding hydrogens is 468 g/mol. The molecule has 1 aliphatic carbocycles. The maximum Gasteiger partial charge on any atom is 0.408 e. The Bertz CT molecular complexity index is 1060. The van der Waals surface area contributed by atoms with Gasteiger partial charge in [0.1, 0.15) is 17.3 Å². The molecule has 3 heterocycles. The number of β-amino-alcohol motifs (C(OH)–C–C–N with tert-alkyl or cyclic N) is 1. The molecule has 5 N–H and O–H groups in total. The molecule has 0 unspecified atom stereocenters. The first kappa shape index (κ1) is 25.6. The van der Waals surface area contributed by atoms with E-state index in [0.717, 1.165) is 25.7 Å². The third kappa shape index (κ3) is 6.20. The predicted octanol–water partition coefficient (Wildman–Crippen LogP) is 1.18. The Hall–Kier alpha value is -3.48. The van der Waals surface area contributed by atoms with E-state index in [2.05, 4.69) is 36.2 Å². The molecule has 0 bridgehead atoms. The zero-order valence-electron chi connectivity index (χ0n) is 20.8. The number of aliphatic hydroxyl groups excluding tert-OH is 1. The predicted molar refractivity (Wildman–Crippen MR) is 126 cm³/mol. The van der Waals surface area contributed by atoms with E-state index in [9.17, 15) is 19.5 Å². The van der Waals surface area contributed by atoms with Gasteiger partial charge in [-0.3, -0.25) is 9.59 Å². The van der Waals surface area contributed by atoms with Crippen molar-refractivity contribution < 1.29 is 24.2 Å². The van der Waals surface area contributed by atoms with E-state index in [-0.39, 0.29) is 37.2 Å². The van der Waals surface area contributed by atoms with Crippen LogP contribution in [0.5, 0.6) is 0 Å². The number of carbonyl (C=O) groups is 3. The third-order valence-electron chi connectivity index (χ3n) is 6.47. The second kappa shape index (κ2) is 10.6. The molecule has 2 fully saturated rings. The number of hydrogen-bond donors (Lipinski definition) is 5. The van der Waals surface area contributed by atoms with Crippen LogP contribution in [0.3, 0.4) is 0 Å². The summed E-state index contributed by atoms with van der Waals surface area (Å²) in [5, 5.41) is 29.2. The van der Waals surface area contributed by atoms with E-state index in [0.29, 0.717) is 11.5 Å². The highest BCUT2D eigenvalue weighted by atomic mass is 16.6. The smallest absolute Gasteiger partial charge is 0.408 e. The Kier molecular flexibility index (Phi) is 7.57. The van der Waals surface area contributed by atoms with Gasteiger partial charge in [0.05, 0.1) is 18.7 Å². The highest BCUT2D eigenvalue weighted by Gasteiger charge is 2.40. The number of aliphatic hydroxyl groups is 1. The van der Waals surface area contributed by atoms with Gasteiger partial charge in [0.2, 0.25) is 5.91 Å². The number of ether oxygens (including phenoxy) is 1. The number of nitrogens with zero attached hydrogens (tertiary/aromatic N) is 4. The molecule has 3 amide bonds. The van der Waals surface area contributed by atoms with Crippen LogP contribution in [-0.2, 0) is 16.1 Å². The first-order valence-corrected chi connectivity index (χ1v) is 12.3. The summed E-state index contributed by atoms with van der Waals surface area (Å²) in [4.78, 5) is 43.2. The van der Waals surface area contributed by atoms with Crippen LogP contribution in [0.2, 0.25) is 0 Å². The Morgan fingerprint density at radius 1 is 1.25 bits per heavy atom. The normalized spacial score (nSPS) is 21.4. The summed E-state index contributed by atoms with van der Waals surface area (Å²) in [6.45, 7) is 5.51. The van der Waals surface area contributed by atoms with E-state index in [1.807, 2.05) is 20.8 Å². The molecule has 2 aromatic rings. The monoisotopic (exact) mass is 502 g/mol. The fourth-order valence-corrected chi connectivity index (χ4v) is 4.88. The summed E-state index contributed by atoms with van der Waals surface area (Å²) in [7, 11) is 0. The SMILES string of the molecule is CC(C)(C)OC(=O)N[C@H](c1ccc(C(=O)N2C[C@@H](O)C[C@H]2C(=O)NCc2nn[nH]n2)[nH]1)C1CCCC1. The van der Waals surface area contributed by atoms with Gasteiger partial charge in [0, 0.05) is 18.7 Å². The number of nitrogens with one attached hydrogen (secondary N) is 4. The molecule has 13 nitrogen and oxygen atoms in total. The second-order valence-electron chi connectivity index (χ2n) is 10.4. The summed E-state index contributed by atoms with van der Waals surface area (Å²) in [5.41, 5.74) is 0.356. The molecule has 1 aliphatic heterocycles. The zero-order chi connectivity index (χ0) is 25.9. The molecule has 0 aromatic carbocycles. The number of aromatic amines is 2. The lowest BCUT2D eigenvalue weighted by atomic mass is 9.95. The fraction of sp³-hybridized carbons (Fsp3) is 0.652. The van der Waals surface area contributed by atoms with Crippen molar-refractivity contribution in [3.8, 4) is 0 Å². The van der Waals surface area contributed by atoms with Gasteiger partial charge < -0.3 is 30.4 Å². The quantitative estimate of drug-likeness (QED) is 0.374. The van der Waals surface area contributed by atoms with E-state index in [4.69, 9.17) is 4.74 Å². The van der Waals surface area contributed by atoms with E-state index in [1.54, 1.807) is 12.1 Å². The van der Waals surface area contributed by atoms with Crippen molar-refractivity contribution in [2.75, 3.05) is 6.54 Å². The minimum atomic E-state index is -0.836. The van der Waals surface area contributed by atoms with Gasteiger partial charge in [-0.05, 0) is 51.7 Å². The summed E-state index contributed by atoms with van der Waals surface area (Å²) in [6.07, 6.45) is 2.88. The molecule has 4 rings (SSSR count). The van der Waals surface area contributed by atoms with Crippen molar-refractivity contribution in [1.82, 2.24) is 41.1 Å². The summed E-state index contributed by atoms with van der Waals surface area (Å²) >= 11 is 0. The molecule has 13 heteroatoms. The number of likely N-dealkylation sites (tertiary alicyclic amines) is 1.